The number of rotatable bonds is 5. The number of allylic oxidation sites excluding steroid dienone is 1. The Morgan fingerprint density at radius 2 is 1.77 bits per heavy atom. The van der Waals surface area contributed by atoms with Gasteiger partial charge in [0.2, 0.25) is 0 Å². The molecule has 1 heterocycles. The van der Waals surface area contributed by atoms with Crippen LogP contribution in [-0.2, 0) is 9.57 Å². The van der Waals surface area contributed by atoms with E-state index in [4.69, 9.17) is 9.57 Å². The molecule has 1 fully saturated rings. The van der Waals surface area contributed by atoms with Gasteiger partial charge in [0.1, 0.15) is 0 Å². The van der Waals surface area contributed by atoms with Gasteiger partial charge in [-0.2, -0.15) is 5.06 Å². The fourth-order valence-corrected chi connectivity index (χ4v) is 3.86. The summed E-state index contributed by atoms with van der Waals surface area (Å²) in [5.74, 6) is 0. The van der Waals surface area contributed by atoms with Crippen LogP contribution in [-0.4, -0.2) is 35.0 Å². The smallest absolute Gasteiger partial charge is 0.0974 e. The van der Waals surface area contributed by atoms with Crippen molar-refractivity contribution >= 4 is 0 Å². The first kappa shape index (κ1) is 19.7. The fourth-order valence-electron chi connectivity index (χ4n) is 3.86. The minimum atomic E-state index is 0. The Morgan fingerprint density at radius 3 is 2.27 bits per heavy atom. The Hall–Kier alpha value is -0.380. The van der Waals surface area contributed by atoms with E-state index in [2.05, 4.69) is 51.8 Å². The molecule has 0 N–H and O–H groups in total. The Balaban J connectivity index is 0.00000242. The number of nitrogens with zero attached hydrogens (tertiary/aromatic N) is 1. The third-order valence-electron chi connectivity index (χ3n) is 4.56. The Kier molecular flexibility index (Phi) is 7.10. The van der Waals surface area contributed by atoms with Gasteiger partial charge in [-0.05, 0) is 66.2 Å². The summed E-state index contributed by atoms with van der Waals surface area (Å²) in [4.78, 5) is 6.41. The predicted molar refractivity (Wildman–Crippen MR) is 93.9 cm³/mol. The molecule has 0 aromatic rings. The maximum Gasteiger partial charge on any atom is 0.0974 e. The van der Waals surface area contributed by atoms with E-state index in [-0.39, 0.29) is 24.6 Å². The fraction of sp³-hybridized carbons (Fsp3) is 0.895. The molecule has 1 atom stereocenters. The van der Waals surface area contributed by atoms with Gasteiger partial charge in [-0.25, -0.2) is 0 Å². The van der Waals surface area contributed by atoms with E-state index in [1.54, 1.807) is 0 Å². The first-order valence-electron chi connectivity index (χ1n) is 8.60. The molecular formula is C19H37NO2. The van der Waals surface area contributed by atoms with Crippen LogP contribution in [0.25, 0.3) is 0 Å². The van der Waals surface area contributed by atoms with Crippen molar-refractivity contribution in [3.05, 3.63) is 12.2 Å². The quantitative estimate of drug-likeness (QED) is 0.658. The number of ether oxygens (including phenoxy) is 1. The van der Waals surface area contributed by atoms with Crippen LogP contribution in [0.5, 0.6) is 0 Å². The number of hydroxylamine groups is 2. The van der Waals surface area contributed by atoms with Crippen LogP contribution >= 0.6 is 0 Å². The number of hydrogen-bond donors (Lipinski definition) is 0. The Morgan fingerprint density at radius 1 is 1.14 bits per heavy atom. The molecule has 0 amide bonds. The van der Waals surface area contributed by atoms with Crippen LogP contribution in [0.4, 0.5) is 0 Å². The van der Waals surface area contributed by atoms with E-state index < -0.39 is 0 Å². The second kappa shape index (κ2) is 7.94. The van der Waals surface area contributed by atoms with Crippen molar-refractivity contribution in [3.63, 3.8) is 0 Å². The molecule has 22 heavy (non-hydrogen) atoms. The van der Waals surface area contributed by atoms with Crippen molar-refractivity contribution in [2.75, 3.05) is 6.61 Å². The van der Waals surface area contributed by atoms with Crippen LogP contribution in [0.1, 0.15) is 80.6 Å². The highest BCUT2D eigenvalue weighted by molar-refractivity contribution is 4.99. The molecular weight excluding hydrogens is 274 g/mol. The lowest BCUT2D eigenvalue weighted by Crippen LogP contribution is -2.62. The maximum atomic E-state index is 6.41. The van der Waals surface area contributed by atoms with Crippen LogP contribution in [0.15, 0.2) is 12.2 Å². The molecule has 0 aromatic heterocycles. The second-order valence-corrected chi connectivity index (χ2v) is 7.82. The van der Waals surface area contributed by atoms with Crippen LogP contribution in [0.2, 0.25) is 0 Å². The van der Waals surface area contributed by atoms with E-state index in [9.17, 15) is 0 Å². The van der Waals surface area contributed by atoms with Gasteiger partial charge in [0.25, 0.3) is 0 Å². The number of piperidine rings is 1. The van der Waals surface area contributed by atoms with Crippen molar-refractivity contribution in [2.24, 2.45) is 0 Å². The molecule has 1 saturated heterocycles. The summed E-state index contributed by atoms with van der Waals surface area (Å²) in [5, 5.41) is 2.26. The van der Waals surface area contributed by atoms with Gasteiger partial charge in [0, 0.05) is 17.7 Å². The highest BCUT2D eigenvalue weighted by Crippen LogP contribution is 2.40. The predicted octanol–water partition coefficient (Wildman–Crippen LogP) is 5.11. The SMILES string of the molecule is C.CCCOC1CC(C)(C)N(OC2C=CCCC2)C(C)(C)C1. The summed E-state index contributed by atoms with van der Waals surface area (Å²) in [7, 11) is 0. The molecule has 2 rings (SSSR count). The summed E-state index contributed by atoms with van der Waals surface area (Å²) >= 11 is 0. The van der Waals surface area contributed by atoms with Gasteiger partial charge >= 0.3 is 0 Å². The van der Waals surface area contributed by atoms with Crippen LogP contribution in [0.3, 0.4) is 0 Å². The van der Waals surface area contributed by atoms with Crippen molar-refractivity contribution < 1.29 is 9.57 Å². The van der Waals surface area contributed by atoms with Crippen LogP contribution < -0.4 is 0 Å². The minimum Gasteiger partial charge on any atom is -0.378 e. The van der Waals surface area contributed by atoms with Crippen molar-refractivity contribution in [2.45, 2.75) is 104 Å². The molecule has 0 aromatic carbocycles. The average molecular weight is 312 g/mol. The first-order valence-corrected chi connectivity index (χ1v) is 8.60. The van der Waals surface area contributed by atoms with Crippen LogP contribution in [0, 0.1) is 0 Å². The number of hydrogen-bond acceptors (Lipinski definition) is 3. The van der Waals surface area contributed by atoms with Crippen molar-refractivity contribution in [3.8, 4) is 0 Å². The molecule has 0 bridgehead atoms. The van der Waals surface area contributed by atoms with Gasteiger partial charge in [-0.3, -0.25) is 4.84 Å². The van der Waals surface area contributed by atoms with E-state index >= 15 is 0 Å². The zero-order chi connectivity index (χ0) is 15.5. The minimum absolute atomic E-state index is 0. The van der Waals surface area contributed by atoms with Crippen molar-refractivity contribution in [1.29, 1.82) is 0 Å². The highest BCUT2D eigenvalue weighted by atomic mass is 16.7. The molecule has 3 nitrogen and oxygen atoms in total. The third-order valence-corrected chi connectivity index (χ3v) is 4.56. The first-order chi connectivity index (χ1) is 9.85. The lowest BCUT2D eigenvalue weighted by Gasteiger charge is -2.54. The van der Waals surface area contributed by atoms with E-state index in [1.807, 2.05) is 0 Å². The lowest BCUT2D eigenvalue weighted by molar-refractivity contribution is -0.309. The van der Waals surface area contributed by atoms with Gasteiger partial charge in [0.15, 0.2) is 0 Å². The van der Waals surface area contributed by atoms with Gasteiger partial charge in [-0.1, -0.05) is 26.5 Å². The van der Waals surface area contributed by atoms with E-state index in [0.717, 1.165) is 32.3 Å². The molecule has 0 radical (unpaired) electrons. The monoisotopic (exact) mass is 311 g/mol. The maximum absolute atomic E-state index is 6.41. The van der Waals surface area contributed by atoms with Gasteiger partial charge in [-0.15, -0.1) is 0 Å². The van der Waals surface area contributed by atoms with Gasteiger partial charge < -0.3 is 4.74 Å². The topological polar surface area (TPSA) is 21.7 Å². The molecule has 2 aliphatic rings. The second-order valence-electron chi connectivity index (χ2n) is 7.82. The molecule has 130 valence electrons. The Bertz CT molecular complexity index is 344. The standard InChI is InChI=1S/C18H33NO2.CH4/c1-6-12-20-16-13-17(2,3)19(18(4,5)14-16)21-15-10-8-7-9-11-15;/h8,10,15-16H,6-7,9,11-14H2,1-5H3;1H4. The summed E-state index contributed by atoms with van der Waals surface area (Å²) in [6, 6.07) is 0. The van der Waals surface area contributed by atoms with Gasteiger partial charge in [0.05, 0.1) is 12.2 Å². The zero-order valence-corrected chi connectivity index (χ0v) is 14.5. The molecule has 0 saturated carbocycles. The Labute approximate surface area is 138 Å². The molecule has 3 heteroatoms. The molecule has 1 aliphatic heterocycles. The lowest BCUT2D eigenvalue weighted by atomic mass is 9.80. The molecule has 1 unspecified atom stereocenters. The molecule has 0 spiro atoms. The van der Waals surface area contributed by atoms with E-state index in [0.29, 0.717) is 6.10 Å². The largest absolute Gasteiger partial charge is 0.378 e. The average Bonchev–Trinajstić information content (AvgIpc) is 2.41. The molecule has 1 aliphatic carbocycles. The van der Waals surface area contributed by atoms with E-state index in [1.165, 1.54) is 12.8 Å². The highest BCUT2D eigenvalue weighted by Gasteiger charge is 2.47. The summed E-state index contributed by atoms with van der Waals surface area (Å²) in [5.41, 5.74) is 0.0108. The zero-order valence-electron chi connectivity index (χ0n) is 14.5. The normalized spacial score (nSPS) is 28.3. The summed E-state index contributed by atoms with van der Waals surface area (Å²) in [6.07, 6.45) is 11.8. The summed E-state index contributed by atoms with van der Waals surface area (Å²) in [6.45, 7) is 12.2. The third kappa shape index (κ3) is 4.81. The summed E-state index contributed by atoms with van der Waals surface area (Å²) < 4.78 is 6.05. The van der Waals surface area contributed by atoms with Crippen molar-refractivity contribution in [1.82, 2.24) is 5.06 Å².